The number of piperazine rings is 1. The number of benzene rings is 1. The van der Waals surface area contributed by atoms with Gasteiger partial charge in [-0.2, -0.15) is 4.72 Å². The molecule has 1 N–H and O–H groups in total. The van der Waals surface area contributed by atoms with Crippen molar-refractivity contribution in [1.29, 1.82) is 0 Å². The Kier molecular flexibility index (Phi) is 6.65. The van der Waals surface area contributed by atoms with Gasteiger partial charge in [-0.3, -0.25) is 4.79 Å². The second-order valence-corrected chi connectivity index (χ2v) is 10.4. The van der Waals surface area contributed by atoms with Gasteiger partial charge in [-0.25, -0.2) is 8.42 Å². The molecule has 152 valence electrons. The summed E-state index contributed by atoms with van der Waals surface area (Å²) in [6.07, 6.45) is 0. The molecule has 0 bridgehead atoms. The number of hydrogen-bond acceptors (Lipinski definition) is 5. The Morgan fingerprint density at radius 2 is 1.75 bits per heavy atom. The predicted octanol–water partition coefficient (Wildman–Crippen LogP) is 3.05. The van der Waals surface area contributed by atoms with Gasteiger partial charge in [0.25, 0.3) is 10.0 Å². The third-order valence-electron chi connectivity index (χ3n) is 4.76. The highest BCUT2D eigenvalue weighted by atomic mass is 35.5. The number of halogens is 1. The normalized spacial score (nSPS) is 16.4. The molecule has 1 aromatic heterocycles. The summed E-state index contributed by atoms with van der Waals surface area (Å²) in [7, 11) is -3.70. The van der Waals surface area contributed by atoms with Crippen molar-refractivity contribution in [3.8, 4) is 0 Å². The van der Waals surface area contributed by atoms with Gasteiger partial charge in [0, 0.05) is 36.9 Å². The molecule has 1 amide bonds. The van der Waals surface area contributed by atoms with Crippen molar-refractivity contribution in [3.05, 3.63) is 46.8 Å². The Morgan fingerprint density at radius 3 is 2.29 bits per heavy atom. The minimum Gasteiger partial charge on any atom is -0.368 e. The summed E-state index contributed by atoms with van der Waals surface area (Å²) in [6.45, 7) is 6.18. The Balaban J connectivity index is 1.65. The molecular formula is C19H24ClN3O3S2. The van der Waals surface area contributed by atoms with Crippen LogP contribution in [0.4, 0.5) is 5.69 Å². The summed E-state index contributed by atoms with van der Waals surface area (Å²) in [5.41, 5.74) is 1.07. The number of rotatable bonds is 6. The second-order valence-electron chi connectivity index (χ2n) is 7.06. The number of nitrogens with one attached hydrogen (secondary N) is 1. The molecule has 2 aromatic rings. The van der Waals surface area contributed by atoms with Gasteiger partial charge in [0.2, 0.25) is 5.91 Å². The molecule has 2 heterocycles. The van der Waals surface area contributed by atoms with Crippen LogP contribution in [-0.2, 0) is 14.8 Å². The van der Waals surface area contributed by atoms with Crippen LogP contribution in [0.2, 0.25) is 5.02 Å². The molecular weight excluding hydrogens is 418 g/mol. The zero-order valence-electron chi connectivity index (χ0n) is 15.8. The SMILES string of the molecule is CC(C)[C@@H](NS(=O)(=O)c1cccs1)C(=O)N1CCN(c2ccc(Cl)cc2)CC1. The second kappa shape index (κ2) is 8.82. The van der Waals surface area contributed by atoms with Gasteiger partial charge in [0.15, 0.2) is 0 Å². The molecule has 1 aliphatic heterocycles. The van der Waals surface area contributed by atoms with Crippen molar-refractivity contribution >= 4 is 44.6 Å². The van der Waals surface area contributed by atoms with Gasteiger partial charge in [-0.1, -0.05) is 31.5 Å². The van der Waals surface area contributed by atoms with Crippen molar-refractivity contribution in [2.75, 3.05) is 31.1 Å². The maximum atomic E-state index is 13.0. The first kappa shape index (κ1) is 21.1. The van der Waals surface area contributed by atoms with E-state index in [1.54, 1.807) is 22.4 Å². The van der Waals surface area contributed by atoms with Gasteiger partial charge in [0.1, 0.15) is 10.3 Å². The number of carbonyl (C=O) groups excluding carboxylic acids is 1. The summed E-state index contributed by atoms with van der Waals surface area (Å²) in [5.74, 6) is -0.331. The van der Waals surface area contributed by atoms with Crippen molar-refractivity contribution in [3.63, 3.8) is 0 Å². The van der Waals surface area contributed by atoms with E-state index in [9.17, 15) is 13.2 Å². The maximum absolute atomic E-state index is 13.0. The van der Waals surface area contributed by atoms with Gasteiger partial charge in [0.05, 0.1) is 0 Å². The van der Waals surface area contributed by atoms with Crippen molar-refractivity contribution < 1.29 is 13.2 Å². The number of amides is 1. The topological polar surface area (TPSA) is 69.7 Å². The fourth-order valence-corrected chi connectivity index (χ4v) is 5.62. The molecule has 0 unspecified atom stereocenters. The average molecular weight is 442 g/mol. The first-order valence-corrected chi connectivity index (χ1v) is 11.9. The zero-order valence-corrected chi connectivity index (χ0v) is 18.2. The lowest BCUT2D eigenvalue weighted by Crippen LogP contribution is -2.56. The van der Waals surface area contributed by atoms with Gasteiger partial charge < -0.3 is 9.80 Å². The van der Waals surface area contributed by atoms with Crippen LogP contribution in [0.15, 0.2) is 46.0 Å². The summed E-state index contributed by atoms with van der Waals surface area (Å²) in [5, 5.41) is 2.40. The van der Waals surface area contributed by atoms with Crippen LogP contribution in [0, 0.1) is 5.92 Å². The monoisotopic (exact) mass is 441 g/mol. The molecule has 1 aromatic carbocycles. The summed E-state index contributed by atoms with van der Waals surface area (Å²) < 4.78 is 28.0. The number of anilines is 1. The van der Waals surface area contributed by atoms with Crippen LogP contribution in [0.25, 0.3) is 0 Å². The lowest BCUT2D eigenvalue weighted by atomic mass is 10.0. The average Bonchev–Trinajstić information content (AvgIpc) is 3.22. The Hall–Kier alpha value is -1.61. The predicted molar refractivity (Wildman–Crippen MR) is 114 cm³/mol. The van der Waals surface area contributed by atoms with E-state index in [1.165, 1.54) is 0 Å². The smallest absolute Gasteiger partial charge is 0.250 e. The first-order chi connectivity index (χ1) is 13.3. The summed E-state index contributed by atoms with van der Waals surface area (Å²) in [6, 6.07) is 10.1. The largest absolute Gasteiger partial charge is 0.368 e. The maximum Gasteiger partial charge on any atom is 0.250 e. The number of hydrogen-bond donors (Lipinski definition) is 1. The van der Waals surface area contributed by atoms with E-state index in [1.807, 2.05) is 38.1 Å². The van der Waals surface area contributed by atoms with Crippen LogP contribution in [-0.4, -0.2) is 51.4 Å². The van der Waals surface area contributed by atoms with E-state index in [-0.39, 0.29) is 16.0 Å². The molecule has 0 radical (unpaired) electrons. The van der Waals surface area contributed by atoms with Crippen molar-refractivity contribution in [1.82, 2.24) is 9.62 Å². The third kappa shape index (κ3) is 4.86. The number of thiophene rings is 1. The molecule has 0 saturated carbocycles. The molecule has 6 nitrogen and oxygen atoms in total. The van der Waals surface area contributed by atoms with Crippen LogP contribution < -0.4 is 9.62 Å². The molecule has 0 spiro atoms. The quantitative estimate of drug-likeness (QED) is 0.747. The van der Waals surface area contributed by atoms with Crippen LogP contribution in [0.5, 0.6) is 0 Å². The molecule has 9 heteroatoms. The molecule has 3 rings (SSSR count). The van der Waals surface area contributed by atoms with E-state index >= 15 is 0 Å². The van der Waals surface area contributed by atoms with Gasteiger partial charge in [-0.15, -0.1) is 11.3 Å². The van der Waals surface area contributed by atoms with Crippen LogP contribution in [0.1, 0.15) is 13.8 Å². The molecule has 1 saturated heterocycles. The van der Waals surface area contributed by atoms with Gasteiger partial charge >= 0.3 is 0 Å². The lowest BCUT2D eigenvalue weighted by Gasteiger charge is -2.38. The van der Waals surface area contributed by atoms with E-state index in [0.29, 0.717) is 31.2 Å². The fourth-order valence-electron chi connectivity index (χ4n) is 3.15. The van der Waals surface area contributed by atoms with Crippen LogP contribution in [0.3, 0.4) is 0 Å². The van der Waals surface area contributed by atoms with Gasteiger partial charge in [-0.05, 0) is 41.6 Å². The Labute approximate surface area is 175 Å². The fraction of sp³-hybridized carbons (Fsp3) is 0.421. The number of nitrogens with zero attached hydrogens (tertiary/aromatic N) is 2. The minimum atomic E-state index is -3.70. The minimum absolute atomic E-state index is 0.156. The highest BCUT2D eigenvalue weighted by Gasteiger charge is 2.33. The highest BCUT2D eigenvalue weighted by molar-refractivity contribution is 7.91. The zero-order chi connectivity index (χ0) is 20.3. The molecule has 1 aliphatic rings. The highest BCUT2D eigenvalue weighted by Crippen LogP contribution is 2.21. The van der Waals surface area contributed by atoms with Crippen LogP contribution >= 0.6 is 22.9 Å². The van der Waals surface area contributed by atoms with E-state index in [4.69, 9.17) is 11.6 Å². The molecule has 0 aliphatic carbocycles. The Bertz CT molecular complexity index is 891. The van der Waals surface area contributed by atoms with E-state index < -0.39 is 16.1 Å². The third-order valence-corrected chi connectivity index (χ3v) is 7.85. The van der Waals surface area contributed by atoms with Crippen molar-refractivity contribution in [2.45, 2.75) is 24.1 Å². The first-order valence-electron chi connectivity index (χ1n) is 9.13. The van der Waals surface area contributed by atoms with E-state index in [2.05, 4.69) is 9.62 Å². The molecule has 28 heavy (non-hydrogen) atoms. The Morgan fingerprint density at radius 1 is 1.11 bits per heavy atom. The van der Waals surface area contributed by atoms with E-state index in [0.717, 1.165) is 17.0 Å². The number of carbonyl (C=O) groups is 1. The summed E-state index contributed by atoms with van der Waals surface area (Å²) >= 11 is 7.08. The van der Waals surface area contributed by atoms with Crippen molar-refractivity contribution in [2.24, 2.45) is 5.92 Å². The number of sulfonamides is 1. The summed E-state index contributed by atoms with van der Waals surface area (Å²) in [4.78, 5) is 17.0. The molecule has 1 atom stereocenters. The standard InChI is InChI=1S/C19H24ClN3O3S2/c1-14(2)18(21-28(25,26)17-4-3-13-27-17)19(24)23-11-9-22(10-12-23)16-7-5-15(20)6-8-16/h3-8,13-14,18,21H,9-12H2,1-2H3/t18-/m1/s1. The molecule has 1 fully saturated rings. The lowest BCUT2D eigenvalue weighted by molar-refractivity contribution is -0.134.